The number of hydrogen-bond acceptors (Lipinski definition) is 1. The minimum Gasteiger partial charge on any atom is -0.454 e. The van der Waals surface area contributed by atoms with E-state index >= 15 is 0 Å². The fourth-order valence-electron chi connectivity index (χ4n) is 9.57. The summed E-state index contributed by atoms with van der Waals surface area (Å²) in [6.45, 7) is 0. The number of rotatable bonds is 5. The average Bonchev–Trinajstić information content (AvgIpc) is 3.94. The molecule has 0 aliphatic heterocycles. The zero-order chi connectivity index (χ0) is 37.5. The Kier molecular flexibility index (Phi) is 7.18. The molecule has 3 aromatic heterocycles. The molecule has 0 bridgehead atoms. The predicted octanol–water partition coefficient (Wildman–Crippen LogP) is 14.4. The van der Waals surface area contributed by atoms with Crippen LogP contribution < -0.4 is 0 Å². The smallest absolute Gasteiger partial charge is 0.159 e. The van der Waals surface area contributed by atoms with Crippen LogP contribution in [0.5, 0.6) is 0 Å². The lowest BCUT2D eigenvalue weighted by Gasteiger charge is -2.16. The van der Waals surface area contributed by atoms with Crippen LogP contribution in [-0.2, 0) is 12.8 Å². The molecule has 0 saturated carbocycles. The van der Waals surface area contributed by atoms with Gasteiger partial charge in [-0.05, 0) is 102 Å². The van der Waals surface area contributed by atoms with Gasteiger partial charge in [0.25, 0.3) is 0 Å². The lowest BCUT2D eigenvalue weighted by molar-refractivity contribution is 0.665. The molecule has 2 aliphatic carbocycles. The molecular weight excluding hydrogens is 693 g/mol. The van der Waals surface area contributed by atoms with Crippen LogP contribution in [0.1, 0.15) is 35.4 Å². The third-order valence-electron chi connectivity index (χ3n) is 12.3. The number of allylic oxidation sites excluding steroid dienone is 2. The lowest BCUT2D eigenvalue weighted by Crippen LogP contribution is -2.04. The zero-order valence-corrected chi connectivity index (χ0v) is 31.5. The van der Waals surface area contributed by atoms with E-state index in [4.69, 9.17) is 4.42 Å². The van der Waals surface area contributed by atoms with Crippen molar-refractivity contribution >= 4 is 55.9 Å². The summed E-state index contributed by atoms with van der Waals surface area (Å²) in [5.41, 5.74) is 19.1. The van der Waals surface area contributed by atoms with Crippen LogP contribution in [0.15, 0.2) is 174 Å². The van der Waals surface area contributed by atoms with Gasteiger partial charge in [-0.2, -0.15) is 0 Å². The Hall–Kier alpha value is -7.10. The number of nitrogens with zero attached hydrogens (tertiary/aromatic N) is 2. The number of aromatic nitrogens is 2. The highest BCUT2D eigenvalue weighted by atomic mass is 16.3. The minimum atomic E-state index is 0.906. The molecule has 3 heterocycles. The maximum absolute atomic E-state index is 6.83. The number of para-hydroxylation sites is 2. The summed E-state index contributed by atoms with van der Waals surface area (Å²) in [7, 11) is 0. The van der Waals surface area contributed by atoms with Crippen LogP contribution in [0.4, 0.5) is 0 Å². The summed E-state index contributed by atoms with van der Waals surface area (Å²) in [6, 6.07) is 57.7. The normalized spacial score (nSPS) is 13.5. The molecule has 10 aromatic rings. The number of fused-ring (bicyclic) bond motifs is 9. The van der Waals surface area contributed by atoms with Gasteiger partial charge in [0.05, 0.1) is 16.7 Å². The van der Waals surface area contributed by atoms with E-state index in [0.29, 0.717) is 0 Å². The Bertz CT molecular complexity index is 3260. The summed E-state index contributed by atoms with van der Waals surface area (Å²) in [4.78, 5) is 0. The van der Waals surface area contributed by atoms with E-state index in [0.717, 1.165) is 53.3 Å². The SMILES string of the molecule is C1=Cc2c(n(-c3ccccc3)c3cc(-c4ccc5c6c(n(-c7cc(-c8ccc(-c9ccccc9)cc8)cc8c7oc7ccccc78)c5c4)CCC=C6)ccc23)CC1. The molecule has 0 unspecified atom stereocenters. The Morgan fingerprint density at radius 1 is 0.404 bits per heavy atom. The first-order chi connectivity index (χ1) is 28.3. The molecule has 0 amide bonds. The Morgan fingerprint density at radius 3 is 1.63 bits per heavy atom. The molecule has 57 heavy (non-hydrogen) atoms. The van der Waals surface area contributed by atoms with Gasteiger partial charge in [-0.1, -0.05) is 140 Å². The fraction of sp³-hybridized carbons (Fsp3) is 0.0741. The first-order valence-electron chi connectivity index (χ1n) is 20.1. The van der Waals surface area contributed by atoms with Crippen molar-refractivity contribution in [1.82, 2.24) is 9.13 Å². The predicted molar refractivity (Wildman–Crippen MR) is 238 cm³/mol. The first-order valence-corrected chi connectivity index (χ1v) is 20.1. The Labute approximate surface area is 331 Å². The molecule has 0 fully saturated rings. The maximum atomic E-state index is 6.83. The molecule has 0 spiro atoms. The van der Waals surface area contributed by atoms with Crippen LogP contribution in [0.2, 0.25) is 0 Å². The molecule has 0 radical (unpaired) electrons. The van der Waals surface area contributed by atoms with Crippen molar-refractivity contribution in [2.24, 2.45) is 0 Å². The van der Waals surface area contributed by atoms with Crippen molar-refractivity contribution < 1.29 is 4.42 Å². The molecule has 7 aromatic carbocycles. The van der Waals surface area contributed by atoms with Gasteiger partial charge >= 0.3 is 0 Å². The monoisotopic (exact) mass is 730 g/mol. The lowest BCUT2D eigenvalue weighted by atomic mass is 9.98. The largest absolute Gasteiger partial charge is 0.454 e. The zero-order valence-electron chi connectivity index (χ0n) is 31.5. The third-order valence-corrected chi connectivity index (χ3v) is 12.3. The van der Waals surface area contributed by atoms with E-state index in [1.54, 1.807) is 0 Å². The Morgan fingerprint density at radius 2 is 0.947 bits per heavy atom. The standard InChI is InChI=1S/C54H38N2O/c1-3-13-35(14-4-1)36-23-25-37(26-24-36)40-31-47-46-19-9-12-22-53(46)57-54(47)52(34-40)56-49-21-11-8-18-43(49)45-30-28-39(33-51(45)56)38-27-29-44-42-17-7-10-20-48(42)55(50(44)32-38)41-15-5-2-6-16-41/h1-9,12-19,22-34H,10-11,20-21H2. The number of benzene rings is 7. The second-order valence-corrected chi connectivity index (χ2v) is 15.5. The highest BCUT2D eigenvalue weighted by Crippen LogP contribution is 2.43. The van der Waals surface area contributed by atoms with E-state index < -0.39 is 0 Å². The second-order valence-electron chi connectivity index (χ2n) is 15.5. The van der Waals surface area contributed by atoms with Gasteiger partial charge < -0.3 is 13.6 Å². The van der Waals surface area contributed by atoms with E-state index in [9.17, 15) is 0 Å². The van der Waals surface area contributed by atoms with Crippen LogP contribution in [0, 0.1) is 0 Å². The first kappa shape index (κ1) is 32.2. The topological polar surface area (TPSA) is 23.0 Å². The summed E-state index contributed by atoms with van der Waals surface area (Å²) >= 11 is 0. The quantitative estimate of drug-likeness (QED) is 0.173. The van der Waals surface area contributed by atoms with Crippen LogP contribution in [-0.4, -0.2) is 9.13 Å². The van der Waals surface area contributed by atoms with Gasteiger partial charge in [-0.3, -0.25) is 0 Å². The van der Waals surface area contributed by atoms with Gasteiger partial charge in [0.1, 0.15) is 5.58 Å². The van der Waals surface area contributed by atoms with Gasteiger partial charge in [0, 0.05) is 49.7 Å². The van der Waals surface area contributed by atoms with Crippen LogP contribution >= 0.6 is 0 Å². The molecule has 3 nitrogen and oxygen atoms in total. The van der Waals surface area contributed by atoms with E-state index in [-0.39, 0.29) is 0 Å². The molecule has 270 valence electrons. The highest BCUT2D eigenvalue weighted by Gasteiger charge is 2.24. The van der Waals surface area contributed by atoms with Gasteiger partial charge in [-0.25, -0.2) is 0 Å². The number of hydrogen-bond donors (Lipinski definition) is 0. The van der Waals surface area contributed by atoms with Crippen molar-refractivity contribution in [3.63, 3.8) is 0 Å². The Balaban J connectivity index is 1.08. The van der Waals surface area contributed by atoms with Crippen molar-refractivity contribution in [2.45, 2.75) is 25.7 Å². The van der Waals surface area contributed by atoms with Crippen molar-refractivity contribution in [3.05, 3.63) is 192 Å². The fourth-order valence-corrected chi connectivity index (χ4v) is 9.57. The van der Waals surface area contributed by atoms with E-state index in [2.05, 4.69) is 191 Å². The summed E-state index contributed by atoms with van der Waals surface area (Å²) in [5, 5.41) is 4.84. The van der Waals surface area contributed by atoms with Crippen LogP contribution in [0.25, 0.3) is 101 Å². The molecule has 0 saturated heterocycles. The molecule has 12 rings (SSSR count). The van der Waals surface area contributed by atoms with E-state index in [1.165, 1.54) is 83.4 Å². The summed E-state index contributed by atoms with van der Waals surface area (Å²) in [6.07, 6.45) is 13.4. The highest BCUT2D eigenvalue weighted by molar-refractivity contribution is 6.10. The third kappa shape index (κ3) is 5.05. The van der Waals surface area contributed by atoms with Crippen molar-refractivity contribution in [2.75, 3.05) is 0 Å². The molecule has 0 atom stereocenters. The second kappa shape index (κ2) is 12.7. The number of furan rings is 1. The summed E-state index contributed by atoms with van der Waals surface area (Å²) in [5.74, 6) is 0. The molecule has 2 aliphatic rings. The maximum Gasteiger partial charge on any atom is 0.159 e. The molecule has 3 heteroatoms. The minimum absolute atomic E-state index is 0.906. The van der Waals surface area contributed by atoms with Crippen molar-refractivity contribution in [1.29, 1.82) is 0 Å². The van der Waals surface area contributed by atoms with Gasteiger partial charge in [0.15, 0.2) is 5.58 Å². The summed E-state index contributed by atoms with van der Waals surface area (Å²) < 4.78 is 11.8. The molecular formula is C54H38N2O. The van der Waals surface area contributed by atoms with Gasteiger partial charge in [0.2, 0.25) is 0 Å². The van der Waals surface area contributed by atoms with Crippen molar-refractivity contribution in [3.8, 4) is 44.8 Å². The molecule has 0 N–H and O–H groups in total. The van der Waals surface area contributed by atoms with Crippen LogP contribution in [0.3, 0.4) is 0 Å². The average molecular weight is 731 g/mol. The van der Waals surface area contributed by atoms with Gasteiger partial charge in [-0.15, -0.1) is 0 Å². The van der Waals surface area contributed by atoms with E-state index in [1.807, 2.05) is 0 Å².